The summed E-state index contributed by atoms with van der Waals surface area (Å²) < 4.78 is 5.44. The highest BCUT2D eigenvalue weighted by atomic mass is 16.5. The molecule has 0 aliphatic carbocycles. The van der Waals surface area contributed by atoms with Crippen molar-refractivity contribution in [2.45, 2.75) is 0 Å². The Labute approximate surface area is 104 Å². The van der Waals surface area contributed by atoms with Crippen molar-refractivity contribution in [2.24, 2.45) is 5.73 Å². The summed E-state index contributed by atoms with van der Waals surface area (Å²) in [5.74, 6) is 0.354. The average Bonchev–Trinajstić information content (AvgIpc) is 2.91. The van der Waals surface area contributed by atoms with Crippen LogP contribution < -0.4 is 15.8 Å². The van der Waals surface area contributed by atoms with E-state index in [9.17, 15) is 4.79 Å². The molecule has 2 aromatic rings. The van der Waals surface area contributed by atoms with E-state index in [0.29, 0.717) is 30.2 Å². The monoisotopic (exact) mass is 246 g/mol. The first-order valence-corrected chi connectivity index (χ1v) is 5.53. The highest BCUT2D eigenvalue weighted by molar-refractivity contribution is 6.04. The molecule has 0 radical (unpaired) electrons. The molecule has 4 N–H and O–H groups in total. The third-order valence-corrected chi connectivity index (χ3v) is 2.27. The molecular formula is C12H14N4O2. The predicted molar refractivity (Wildman–Crippen MR) is 67.5 cm³/mol. The quantitative estimate of drug-likeness (QED) is 0.733. The molecule has 0 aliphatic heterocycles. The summed E-state index contributed by atoms with van der Waals surface area (Å²) in [6, 6.07) is 7.20. The zero-order valence-electron chi connectivity index (χ0n) is 9.72. The Morgan fingerprint density at radius 1 is 1.44 bits per heavy atom. The predicted octanol–water partition coefficient (Wildman–Crippen LogP) is 0.999. The number of carbonyl (C=O) groups is 1. The fourth-order valence-electron chi connectivity index (χ4n) is 1.43. The van der Waals surface area contributed by atoms with E-state index in [1.807, 2.05) is 12.1 Å². The number of nitrogens with zero attached hydrogens (tertiary/aromatic N) is 1. The third kappa shape index (κ3) is 2.86. The Kier molecular flexibility index (Phi) is 3.93. The van der Waals surface area contributed by atoms with Gasteiger partial charge in [0.25, 0.3) is 5.91 Å². The van der Waals surface area contributed by atoms with Crippen LogP contribution in [0.15, 0.2) is 36.7 Å². The minimum atomic E-state index is -0.243. The van der Waals surface area contributed by atoms with E-state index in [4.69, 9.17) is 10.5 Å². The average molecular weight is 246 g/mol. The molecule has 0 aliphatic rings. The van der Waals surface area contributed by atoms with Crippen molar-refractivity contribution in [2.75, 3.05) is 18.5 Å². The summed E-state index contributed by atoms with van der Waals surface area (Å²) in [7, 11) is 0. The number of para-hydroxylation sites is 2. The van der Waals surface area contributed by atoms with Gasteiger partial charge in [0, 0.05) is 12.7 Å². The van der Waals surface area contributed by atoms with Crippen molar-refractivity contribution in [3.05, 3.63) is 42.2 Å². The van der Waals surface area contributed by atoms with Crippen molar-refractivity contribution in [1.82, 2.24) is 10.2 Å². The zero-order chi connectivity index (χ0) is 12.8. The number of benzene rings is 1. The molecule has 1 aromatic carbocycles. The van der Waals surface area contributed by atoms with E-state index in [1.165, 1.54) is 12.4 Å². The van der Waals surface area contributed by atoms with Gasteiger partial charge in [-0.2, -0.15) is 5.10 Å². The van der Waals surface area contributed by atoms with Gasteiger partial charge < -0.3 is 15.8 Å². The van der Waals surface area contributed by atoms with E-state index < -0.39 is 0 Å². The van der Waals surface area contributed by atoms with Crippen LogP contribution in [0, 0.1) is 0 Å². The van der Waals surface area contributed by atoms with Crippen LogP contribution in [0.5, 0.6) is 5.75 Å². The van der Waals surface area contributed by atoms with Crippen LogP contribution in [0.25, 0.3) is 0 Å². The van der Waals surface area contributed by atoms with Gasteiger partial charge in [-0.1, -0.05) is 12.1 Å². The Morgan fingerprint density at radius 2 is 2.28 bits per heavy atom. The Balaban J connectivity index is 2.11. The SMILES string of the molecule is NCCOc1ccccc1NC(=O)c1cn[nH]c1. The summed E-state index contributed by atoms with van der Waals surface area (Å²) in [6.07, 6.45) is 2.98. The van der Waals surface area contributed by atoms with Crippen LogP contribution in [0.2, 0.25) is 0 Å². The second kappa shape index (κ2) is 5.83. The van der Waals surface area contributed by atoms with Crippen molar-refractivity contribution in [3.63, 3.8) is 0 Å². The summed E-state index contributed by atoms with van der Waals surface area (Å²) in [6.45, 7) is 0.822. The fourth-order valence-corrected chi connectivity index (χ4v) is 1.43. The molecule has 18 heavy (non-hydrogen) atoms. The molecule has 0 fully saturated rings. The largest absolute Gasteiger partial charge is 0.490 e. The van der Waals surface area contributed by atoms with Crippen molar-refractivity contribution in [1.29, 1.82) is 0 Å². The molecule has 1 aromatic heterocycles. The number of H-pyrrole nitrogens is 1. The minimum absolute atomic E-state index is 0.243. The minimum Gasteiger partial charge on any atom is -0.490 e. The topological polar surface area (TPSA) is 93.0 Å². The summed E-state index contributed by atoms with van der Waals surface area (Å²) >= 11 is 0. The van der Waals surface area contributed by atoms with Crippen LogP contribution in [0.4, 0.5) is 5.69 Å². The second-order valence-corrected chi connectivity index (χ2v) is 3.57. The maximum absolute atomic E-state index is 11.8. The van der Waals surface area contributed by atoms with E-state index in [1.54, 1.807) is 12.1 Å². The molecule has 0 bridgehead atoms. The normalized spacial score (nSPS) is 10.1. The van der Waals surface area contributed by atoms with Crippen LogP contribution in [0.1, 0.15) is 10.4 Å². The number of amides is 1. The lowest BCUT2D eigenvalue weighted by Gasteiger charge is -2.11. The van der Waals surface area contributed by atoms with Crippen LogP contribution >= 0.6 is 0 Å². The standard InChI is InChI=1S/C12H14N4O2/c13-5-6-18-11-4-2-1-3-10(11)16-12(17)9-7-14-15-8-9/h1-4,7-8H,5-6,13H2,(H,14,15)(H,16,17). The maximum atomic E-state index is 11.8. The molecule has 0 atom stereocenters. The molecule has 1 heterocycles. The number of hydrogen-bond donors (Lipinski definition) is 3. The smallest absolute Gasteiger partial charge is 0.258 e. The van der Waals surface area contributed by atoms with Crippen LogP contribution in [-0.2, 0) is 0 Å². The Hall–Kier alpha value is -2.34. The van der Waals surface area contributed by atoms with Gasteiger partial charge in [0.2, 0.25) is 0 Å². The highest BCUT2D eigenvalue weighted by Crippen LogP contribution is 2.24. The number of nitrogens with one attached hydrogen (secondary N) is 2. The Bertz CT molecular complexity index is 511. The Morgan fingerprint density at radius 3 is 3.00 bits per heavy atom. The summed E-state index contributed by atoms with van der Waals surface area (Å²) in [4.78, 5) is 11.8. The van der Waals surface area contributed by atoms with Gasteiger partial charge >= 0.3 is 0 Å². The summed E-state index contributed by atoms with van der Waals surface area (Å²) in [5, 5.41) is 9.07. The second-order valence-electron chi connectivity index (χ2n) is 3.57. The number of nitrogens with two attached hydrogens (primary N) is 1. The molecule has 6 heteroatoms. The number of rotatable bonds is 5. The number of anilines is 1. The number of carbonyl (C=O) groups excluding carboxylic acids is 1. The lowest BCUT2D eigenvalue weighted by Crippen LogP contribution is -2.14. The van der Waals surface area contributed by atoms with Crippen molar-refractivity contribution >= 4 is 11.6 Å². The summed E-state index contributed by atoms with van der Waals surface area (Å²) in [5.41, 5.74) is 6.45. The molecule has 1 amide bonds. The fraction of sp³-hybridized carbons (Fsp3) is 0.167. The molecule has 0 spiro atoms. The van der Waals surface area contributed by atoms with Gasteiger partial charge in [0.1, 0.15) is 12.4 Å². The first-order valence-electron chi connectivity index (χ1n) is 5.53. The first kappa shape index (κ1) is 12.1. The number of aromatic amines is 1. The molecule has 94 valence electrons. The third-order valence-electron chi connectivity index (χ3n) is 2.27. The van der Waals surface area contributed by atoms with E-state index >= 15 is 0 Å². The lowest BCUT2D eigenvalue weighted by molar-refractivity contribution is 0.102. The first-order chi connectivity index (χ1) is 8.81. The maximum Gasteiger partial charge on any atom is 0.258 e. The zero-order valence-corrected chi connectivity index (χ0v) is 9.72. The molecule has 0 unspecified atom stereocenters. The van der Waals surface area contributed by atoms with Gasteiger partial charge in [0.15, 0.2) is 0 Å². The number of ether oxygens (including phenoxy) is 1. The molecule has 0 saturated heterocycles. The van der Waals surface area contributed by atoms with Crippen molar-refractivity contribution < 1.29 is 9.53 Å². The van der Waals surface area contributed by atoms with E-state index in [-0.39, 0.29) is 5.91 Å². The number of hydrogen-bond acceptors (Lipinski definition) is 4. The van der Waals surface area contributed by atoms with Crippen LogP contribution in [-0.4, -0.2) is 29.3 Å². The van der Waals surface area contributed by atoms with Crippen molar-refractivity contribution in [3.8, 4) is 5.75 Å². The van der Waals surface area contributed by atoms with Gasteiger partial charge in [0.05, 0.1) is 17.4 Å². The van der Waals surface area contributed by atoms with E-state index in [2.05, 4.69) is 15.5 Å². The molecule has 2 rings (SSSR count). The van der Waals surface area contributed by atoms with Gasteiger partial charge in [-0.05, 0) is 12.1 Å². The lowest BCUT2D eigenvalue weighted by atomic mass is 10.2. The van der Waals surface area contributed by atoms with Gasteiger partial charge in [-0.15, -0.1) is 0 Å². The molecule has 0 saturated carbocycles. The van der Waals surface area contributed by atoms with Gasteiger partial charge in [-0.3, -0.25) is 9.89 Å². The van der Waals surface area contributed by atoms with E-state index in [0.717, 1.165) is 0 Å². The number of aromatic nitrogens is 2. The molecule has 6 nitrogen and oxygen atoms in total. The molecular weight excluding hydrogens is 232 g/mol. The highest BCUT2D eigenvalue weighted by Gasteiger charge is 2.10. The van der Waals surface area contributed by atoms with Gasteiger partial charge in [-0.25, -0.2) is 0 Å². The van der Waals surface area contributed by atoms with Crippen LogP contribution in [0.3, 0.4) is 0 Å².